The molecule has 3 aromatic carbocycles. The van der Waals surface area contributed by atoms with Crippen molar-refractivity contribution in [2.24, 2.45) is 0 Å². The number of nitrogens with one attached hydrogen (secondary N) is 1. The number of rotatable bonds is 6. The average Bonchev–Trinajstić information content (AvgIpc) is 3.24. The van der Waals surface area contributed by atoms with Gasteiger partial charge in [0.15, 0.2) is 0 Å². The molecule has 5 nitrogen and oxygen atoms in total. The fourth-order valence-electron chi connectivity index (χ4n) is 2.90. The number of aromatic nitrogens is 2. The van der Waals surface area contributed by atoms with Crippen LogP contribution in [0, 0.1) is 0 Å². The van der Waals surface area contributed by atoms with Crippen molar-refractivity contribution >= 4 is 17.5 Å². The van der Waals surface area contributed by atoms with Crippen LogP contribution in [0.3, 0.4) is 0 Å². The topological polar surface area (TPSA) is 68.0 Å². The Labute approximate surface area is 173 Å². The molecule has 0 unspecified atom stereocenters. The summed E-state index contributed by atoms with van der Waals surface area (Å²) in [5.41, 5.74) is 3.62. The molecule has 0 aliphatic rings. The Balaban J connectivity index is 1.32. The number of benzene rings is 3. The summed E-state index contributed by atoms with van der Waals surface area (Å²) in [6.07, 6.45) is 0.453. The van der Waals surface area contributed by atoms with Crippen LogP contribution in [0.25, 0.3) is 22.5 Å². The van der Waals surface area contributed by atoms with Crippen molar-refractivity contribution in [2.75, 3.05) is 6.54 Å². The van der Waals surface area contributed by atoms with Crippen molar-refractivity contribution < 1.29 is 9.32 Å². The van der Waals surface area contributed by atoms with E-state index in [9.17, 15) is 4.79 Å². The first-order valence-electron chi connectivity index (χ1n) is 9.21. The average molecular weight is 404 g/mol. The SMILES string of the molecule is O=C(NCCc1nc(-c2ccc(Cl)cc2)no1)c1ccc(-c2ccccc2)cc1. The van der Waals surface area contributed by atoms with Gasteiger partial charge in [0.1, 0.15) is 0 Å². The van der Waals surface area contributed by atoms with E-state index in [4.69, 9.17) is 16.1 Å². The Morgan fingerprint density at radius 3 is 2.24 bits per heavy atom. The second-order valence-corrected chi connectivity index (χ2v) is 6.90. The van der Waals surface area contributed by atoms with Gasteiger partial charge >= 0.3 is 0 Å². The van der Waals surface area contributed by atoms with Gasteiger partial charge in [0, 0.05) is 29.1 Å². The van der Waals surface area contributed by atoms with Crippen molar-refractivity contribution in [3.8, 4) is 22.5 Å². The monoisotopic (exact) mass is 403 g/mol. The molecule has 0 radical (unpaired) electrons. The van der Waals surface area contributed by atoms with Crippen LogP contribution in [0.4, 0.5) is 0 Å². The lowest BCUT2D eigenvalue weighted by Gasteiger charge is -2.05. The van der Waals surface area contributed by atoms with Gasteiger partial charge in [0.05, 0.1) is 0 Å². The highest BCUT2D eigenvalue weighted by atomic mass is 35.5. The largest absolute Gasteiger partial charge is 0.352 e. The third kappa shape index (κ3) is 4.70. The summed E-state index contributed by atoms with van der Waals surface area (Å²) in [4.78, 5) is 16.7. The molecule has 29 heavy (non-hydrogen) atoms. The lowest BCUT2D eigenvalue weighted by atomic mass is 10.0. The lowest BCUT2D eigenvalue weighted by Crippen LogP contribution is -2.25. The number of hydrogen-bond acceptors (Lipinski definition) is 4. The Morgan fingerprint density at radius 2 is 1.52 bits per heavy atom. The molecule has 4 aromatic rings. The maximum absolute atomic E-state index is 12.4. The predicted octanol–water partition coefficient (Wildman–Crippen LogP) is 5.03. The molecule has 0 aliphatic heterocycles. The highest BCUT2D eigenvalue weighted by Crippen LogP contribution is 2.20. The molecule has 0 spiro atoms. The van der Waals surface area contributed by atoms with Gasteiger partial charge in [-0.15, -0.1) is 0 Å². The molecule has 1 aromatic heterocycles. The second-order valence-electron chi connectivity index (χ2n) is 6.47. The molecule has 0 saturated carbocycles. The summed E-state index contributed by atoms with van der Waals surface area (Å²) >= 11 is 5.89. The molecular formula is C23H18ClN3O2. The molecule has 4 rings (SSSR count). The van der Waals surface area contributed by atoms with Gasteiger partial charge in [-0.25, -0.2) is 0 Å². The van der Waals surface area contributed by atoms with E-state index in [1.165, 1.54) is 0 Å². The fourth-order valence-corrected chi connectivity index (χ4v) is 3.03. The molecule has 144 valence electrons. The first-order valence-corrected chi connectivity index (χ1v) is 9.59. The van der Waals surface area contributed by atoms with Crippen molar-refractivity contribution in [2.45, 2.75) is 6.42 Å². The summed E-state index contributed by atoms with van der Waals surface area (Å²) in [6, 6.07) is 24.8. The summed E-state index contributed by atoms with van der Waals surface area (Å²) in [5, 5.41) is 7.50. The van der Waals surface area contributed by atoms with Crippen LogP contribution in [0.15, 0.2) is 83.4 Å². The summed E-state index contributed by atoms with van der Waals surface area (Å²) in [5.74, 6) is 0.830. The van der Waals surface area contributed by atoms with E-state index in [1.54, 1.807) is 12.1 Å². The van der Waals surface area contributed by atoms with Gasteiger partial charge in [-0.05, 0) is 47.5 Å². The van der Waals surface area contributed by atoms with Crippen molar-refractivity contribution in [1.82, 2.24) is 15.5 Å². The van der Waals surface area contributed by atoms with E-state index in [0.717, 1.165) is 16.7 Å². The third-order valence-electron chi connectivity index (χ3n) is 4.45. The van der Waals surface area contributed by atoms with Gasteiger partial charge in [-0.2, -0.15) is 4.98 Å². The molecule has 6 heteroatoms. The summed E-state index contributed by atoms with van der Waals surface area (Å²) in [6.45, 7) is 0.404. The number of halogens is 1. The lowest BCUT2D eigenvalue weighted by molar-refractivity contribution is 0.0953. The Hall–Kier alpha value is -3.44. The van der Waals surface area contributed by atoms with Crippen LogP contribution < -0.4 is 5.32 Å². The van der Waals surface area contributed by atoms with Crippen LogP contribution in [0.5, 0.6) is 0 Å². The number of hydrogen-bond donors (Lipinski definition) is 1. The molecule has 0 atom stereocenters. The third-order valence-corrected chi connectivity index (χ3v) is 4.70. The zero-order chi connectivity index (χ0) is 20.1. The van der Waals surface area contributed by atoms with Gasteiger partial charge in [0.2, 0.25) is 11.7 Å². The summed E-state index contributed by atoms with van der Waals surface area (Å²) in [7, 11) is 0. The minimum atomic E-state index is -0.137. The number of nitrogens with zero attached hydrogens (tertiary/aromatic N) is 2. The van der Waals surface area contributed by atoms with E-state index < -0.39 is 0 Å². The zero-order valence-corrected chi connectivity index (χ0v) is 16.3. The maximum Gasteiger partial charge on any atom is 0.251 e. The normalized spacial score (nSPS) is 10.7. The Kier molecular flexibility index (Phi) is 5.68. The first-order chi connectivity index (χ1) is 14.2. The fraction of sp³-hybridized carbons (Fsp3) is 0.0870. The van der Waals surface area contributed by atoms with E-state index in [-0.39, 0.29) is 5.91 Å². The molecule has 1 N–H and O–H groups in total. The Bertz CT molecular complexity index is 1090. The van der Waals surface area contributed by atoms with Crippen LogP contribution in [0.1, 0.15) is 16.2 Å². The predicted molar refractivity (Wildman–Crippen MR) is 113 cm³/mol. The van der Waals surface area contributed by atoms with Crippen LogP contribution in [0.2, 0.25) is 5.02 Å². The van der Waals surface area contributed by atoms with Gasteiger partial charge < -0.3 is 9.84 Å². The second kappa shape index (κ2) is 8.71. The molecule has 1 heterocycles. The van der Waals surface area contributed by atoms with Crippen LogP contribution >= 0.6 is 11.6 Å². The molecule has 0 saturated heterocycles. The van der Waals surface area contributed by atoms with Gasteiger partial charge in [-0.3, -0.25) is 4.79 Å². The van der Waals surface area contributed by atoms with Crippen molar-refractivity contribution in [3.63, 3.8) is 0 Å². The van der Waals surface area contributed by atoms with Crippen LogP contribution in [-0.4, -0.2) is 22.6 Å². The van der Waals surface area contributed by atoms with Crippen molar-refractivity contribution in [3.05, 3.63) is 95.3 Å². The highest BCUT2D eigenvalue weighted by molar-refractivity contribution is 6.30. The number of carbonyl (C=O) groups excluding carboxylic acids is 1. The zero-order valence-electron chi connectivity index (χ0n) is 15.5. The van der Waals surface area contributed by atoms with Gasteiger partial charge in [0.25, 0.3) is 5.91 Å². The highest BCUT2D eigenvalue weighted by Gasteiger charge is 2.10. The van der Waals surface area contributed by atoms with Crippen LogP contribution in [-0.2, 0) is 6.42 Å². The molecule has 1 amide bonds. The van der Waals surface area contributed by atoms with E-state index in [1.807, 2.05) is 66.7 Å². The molecule has 0 fully saturated rings. The van der Waals surface area contributed by atoms with Crippen molar-refractivity contribution in [1.29, 1.82) is 0 Å². The van der Waals surface area contributed by atoms with E-state index in [2.05, 4.69) is 15.5 Å². The minimum absolute atomic E-state index is 0.137. The smallest absolute Gasteiger partial charge is 0.251 e. The molecule has 0 bridgehead atoms. The standard InChI is InChI=1S/C23H18ClN3O2/c24-20-12-10-18(11-13-20)22-26-21(29-27-22)14-15-25-23(28)19-8-6-17(7-9-19)16-4-2-1-3-5-16/h1-13H,14-15H2,(H,25,28). The number of carbonyl (C=O) groups is 1. The first kappa shape index (κ1) is 18.9. The molecule has 0 aliphatic carbocycles. The van der Waals surface area contributed by atoms with E-state index in [0.29, 0.717) is 35.3 Å². The summed E-state index contributed by atoms with van der Waals surface area (Å²) < 4.78 is 5.26. The quantitative estimate of drug-likeness (QED) is 0.490. The minimum Gasteiger partial charge on any atom is -0.352 e. The van der Waals surface area contributed by atoms with Gasteiger partial charge in [-0.1, -0.05) is 59.2 Å². The van der Waals surface area contributed by atoms with E-state index >= 15 is 0 Å². The Morgan fingerprint density at radius 1 is 0.862 bits per heavy atom. The maximum atomic E-state index is 12.4. The number of amides is 1. The molecular weight excluding hydrogens is 386 g/mol.